The van der Waals surface area contributed by atoms with Crippen LogP contribution in [-0.2, 0) is 33.3 Å². The Morgan fingerprint density at radius 2 is 1.13 bits per heavy atom. The summed E-state index contributed by atoms with van der Waals surface area (Å²) in [5, 5.41) is 36.3. The molecule has 2 atom stereocenters. The first kappa shape index (κ1) is 64.7. The summed E-state index contributed by atoms with van der Waals surface area (Å²) in [7, 11) is 1.93. The number of nitrogens with zero attached hydrogens (tertiary/aromatic N) is 1. The number of aliphatic hydroxyl groups excluding tert-OH is 1. The molecule has 0 radical (unpaired) electrons. The Labute approximate surface area is 413 Å². The molecule has 68 heavy (non-hydrogen) atoms. The molecule has 0 aliphatic heterocycles. The van der Waals surface area contributed by atoms with Crippen molar-refractivity contribution in [3.05, 3.63) is 42.5 Å². The maximum absolute atomic E-state index is 12.7. The van der Waals surface area contributed by atoms with E-state index in [2.05, 4.69) is 64.5 Å². The van der Waals surface area contributed by atoms with Gasteiger partial charge in [-0.2, -0.15) is 5.06 Å². The van der Waals surface area contributed by atoms with Crippen molar-refractivity contribution in [2.45, 2.75) is 186 Å². The zero-order valence-corrected chi connectivity index (χ0v) is 43.3. The zero-order chi connectivity index (χ0) is 50.0. The van der Waals surface area contributed by atoms with E-state index in [0.717, 1.165) is 82.9 Å². The monoisotopic (exact) mass is 965 g/mol. The molecule has 3 amide bonds. The van der Waals surface area contributed by atoms with Crippen molar-refractivity contribution in [1.29, 1.82) is 0 Å². The molecular formula is C53H100N6O9. The molecule has 0 fully saturated rings. The zero-order valence-electron chi connectivity index (χ0n) is 43.3. The lowest BCUT2D eigenvalue weighted by molar-refractivity contribution is -0.123. The highest BCUT2D eigenvalue weighted by atomic mass is 16.5. The highest BCUT2D eigenvalue weighted by Gasteiger charge is 2.14. The summed E-state index contributed by atoms with van der Waals surface area (Å²) in [6.07, 6.45) is 29.4. The Hall–Kier alpha value is -3.27. The van der Waals surface area contributed by atoms with Crippen LogP contribution >= 0.6 is 0 Å². The second-order valence-corrected chi connectivity index (χ2v) is 17.7. The minimum Gasteiger partial charge on any atom is -0.513 e. The van der Waals surface area contributed by atoms with E-state index in [1.807, 2.05) is 14.0 Å². The molecule has 0 bridgehead atoms. The first-order valence-electron chi connectivity index (χ1n) is 26.6. The Balaban J connectivity index is 3.76. The molecule has 15 nitrogen and oxygen atoms in total. The van der Waals surface area contributed by atoms with Gasteiger partial charge in [-0.3, -0.25) is 14.4 Å². The molecule has 0 heterocycles. The molecule has 0 aromatic carbocycles. The number of ether oxygens (including phenoxy) is 4. The number of hydrogen-bond donors (Lipinski definition) is 7. The van der Waals surface area contributed by atoms with Crippen molar-refractivity contribution in [1.82, 2.24) is 31.6 Å². The van der Waals surface area contributed by atoms with Gasteiger partial charge in [0.2, 0.25) is 17.7 Å². The molecule has 7 N–H and O–H groups in total. The Bertz CT molecular complexity index is 1300. The summed E-state index contributed by atoms with van der Waals surface area (Å²) >= 11 is 0. The lowest BCUT2D eigenvalue weighted by Gasteiger charge is -2.25. The van der Waals surface area contributed by atoms with Gasteiger partial charge in [-0.05, 0) is 71.4 Å². The molecule has 0 saturated heterocycles. The van der Waals surface area contributed by atoms with Gasteiger partial charge < -0.3 is 55.8 Å². The Morgan fingerprint density at radius 3 is 1.66 bits per heavy atom. The summed E-state index contributed by atoms with van der Waals surface area (Å²) in [5.41, 5.74) is 3.87. The van der Waals surface area contributed by atoms with Crippen molar-refractivity contribution in [2.75, 3.05) is 92.6 Å². The number of amides is 3. The second kappa shape index (κ2) is 50.1. The van der Waals surface area contributed by atoms with Gasteiger partial charge >= 0.3 is 0 Å². The van der Waals surface area contributed by atoms with Gasteiger partial charge in [-0.25, -0.2) is 0 Å². The maximum Gasteiger partial charge on any atom is 0.222 e. The van der Waals surface area contributed by atoms with E-state index in [1.165, 1.54) is 75.7 Å². The van der Waals surface area contributed by atoms with Crippen LogP contribution in [0.1, 0.15) is 174 Å². The van der Waals surface area contributed by atoms with E-state index in [4.69, 9.17) is 24.1 Å². The third-order valence-corrected chi connectivity index (χ3v) is 11.4. The highest BCUT2D eigenvalue weighted by molar-refractivity contribution is 5.76. The topological polar surface area (TPSA) is 192 Å². The quantitative estimate of drug-likeness (QED) is 0.0101. The van der Waals surface area contributed by atoms with Crippen LogP contribution in [0.4, 0.5) is 0 Å². The first-order chi connectivity index (χ1) is 33.1. The van der Waals surface area contributed by atoms with Crippen LogP contribution in [0.5, 0.6) is 0 Å². The number of allylic oxidation sites excluding steroid dienone is 3. The summed E-state index contributed by atoms with van der Waals surface area (Å²) in [6, 6.07) is 0.102. The first-order valence-corrected chi connectivity index (χ1v) is 26.6. The third kappa shape index (κ3) is 46.5. The largest absolute Gasteiger partial charge is 0.513 e. The van der Waals surface area contributed by atoms with E-state index >= 15 is 0 Å². The van der Waals surface area contributed by atoms with Gasteiger partial charge in [0.15, 0.2) is 0 Å². The number of hydrogen-bond acceptors (Lipinski definition) is 12. The van der Waals surface area contributed by atoms with Gasteiger partial charge in [-0.15, -0.1) is 5.73 Å². The molecule has 0 aromatic rings. The normalized spacial score (nSPS) is 12.2. The standard InChI is InChI=1S/C53H100N6O9/c1-6-9-28-49(58-53(63)31-23-21-19-17-15-13-11-10-12-14-16-18-20-22-27-47(4)60)29-24-25-35-55-51(61)32-38-65-42-44-67-40-36-56-52(62)33-39-66-43-45-68-41-37-59(64)46-50(30-26-34-54-5)57-48(7-2)8-3/h9,28,49-50,54,57,60,64H,2,4,6,8,10-27,29-46H2,1,3,5H3,(H,55,61)(H,56,62)(H,58,63)/b28-9+. The predicted molar refractivity (Wildman–Crippen MR) is 276 cm³/mol. The minimum absolute atomic E-state index is 0.0201. The second-order valence-electron chi connectivity index (χ2n) is 17.7. The van der Waals surface area contributed by atoms with Crippen LogP contribution in [0.3, 0.4) is 0 Å². The van der Waals surface area contributed by atoms with Crippen LogP contribution in [0.25, 0.3) is 0 Å². The third-order valence-electron chi connectivity index (χ3n) is 11.4. The lowest BCUT2D eigenvalue weighted by Crippen LogP contribution is -2.40. The van der Waals surface area contributed by atoms with Crippen LogP contribution < -0.4 is 26.6 Å². The average Bonchev–Trinajstić information content (AvgIpc) is 3.32. The van der Waals surface area contributed by atoms with Crippen molar-refractivity contribution in [3.8, 4) is 0 Å². The summed E-state index contributed by atoms with van der Waals surface area (Å²) in [5.74, 6) is 0.263. The van der Waals surface area contributed by atoms with Crippen LogP contribution in [0, 0.1) is 0 Å². The number of aliphatic hydroxyl groups is 1. The van der Waals surface area contributed by atoms with Gasteiger partial charge in [0, 0.05) is 63.9 Å². The van der Waals surface area contributed by atoms with Crippen molar-refractivity contribution in [2.24, 2.45) is 0 Å². The van der Waals surface area contributed by atoms with Gasteiger partial charge in [-0.1, -0.05) is 116 Å². The van der Waals surface area contributed by atoms with Crippen molar-refractivity contribution >= 4 is 17.7 Å². The molecule has 0 spiro atoms. The van der Waals surface area contributed by atoms with E-state index in [-0.39, 0.29) is 49.3 Å². The molecule has 0 aliphatic rings. The Kier molecular flexibility index (Phi) is 47.7. The summed E-state index contributed by atoms with van der Waals surface area (Å²) in [6.45, 7) is 16.9. The van der Waals surface area contributed by atoms with Gasteiger partial charge in [0.1, 0.15) is 0 Å². The van der Waals surface area contributed by atoms with Crippen LogP contribution in [0.2, 0.25) is 0 Å². The fourth-order valence-corrected chi connectivity index (χ4v) is 7.44. The number of rotatable bonds is 52. The van der Waals surface area contributed by atoms with Gasteiger partial charge in [0.25, 0.3) is 0 Å². The van der Waals surface area contributed by atoms with E-state index in [0.29, 0.717) is 84.6 Å². The van der Waals surface area contributed by atoms with Crippen molar-refractivity contribution < 1.29 is 43.6 Å². The summed E-state index contributed by atoms with van der Waals surface area (Å²) < 4.78 is 22.2. The molecule has 0 aliphatic carbocycles. The fourth-order valence-electron chi connectivity index (χ4n) is 7.44. The van der Waals surface area contributed by atoms with Crippen LogP contribution in [0.15, 0.2) is 42.5 Å². The van der Waals surface area contributed by atoms with E-state index in [1.54, 1.807) is 0 Å². The van der Waals surface area contributed by atoms with Crippen LogP contribution in [-0.4, -0.2) is 138 Å². The smallest absolute Gasteiger partial charge is 0.222 e. The van der Waals surface area contributed by atoms with Gasteiger partial charge in [0.05, 0.1) is 64.3 Å². The number of carbonyl (C=O) groups is 3. The number of unbranched alkanes of at least 4 members (excludes halogenated alkanes) is 14. The predicted octanol–water partition coefficient (Wildman–Crippen LogP) is 8.73. The minimum atomic E-state index is -0.121. The molecule has 0 aromatic heterocycles. The number of nitrogens with one attached hydrogen (secondary N) is 5. The van der Waals surface area contributed by atoms with Crippen molar-refractivity contribution in [3.63, 3.8) is 0 Å². The number of hydroxylamine groups is 2. The number of carbonyl (C=O) groups excluding carboxylic acids is 3. The Morgan fingerprint density at radius 1 is 0.603 bits per heavy atom. The molecule has 15 heteroatoms. The van der Waals surface area contributed by atoms with E-state index < -0.39 is 0 Å². The molecule has 396 valence electrons. The highest BCUT2D eigenvalue weighted by Crippen LogP contribution is 2.15. The molecule has 0 rings (SSSR count). The summed E-state index contributed by atoms with van der Waals surface area (Å²) in [4.78, 5) is 37.0. The molecule has 2 unspecified atom stereocenters. The maximum atomic E-state index is 12.7. The molecule has 0 saturated carbocycles. The lowest BCUT2D eigenvalue weighted by atomic mass is 10.0. The fraction of sp³-hybridized carbons (Fsp3) is 0.811. The average molecular weight is 965 g/mol. The molecular weight excluding hydrogens is 865 g/mol. The SMILES string of the molecule is C=C=C(CC)NC(CCCNC)CN(O)CCOCCOCCC(=O)NCCOCCOCCC(=O)NCCCCC(/C=C/CC)NC(=O)CCCCCCCCCCCCCCCCC(=C)O. The van der Waals surface area contributed by atoms with E-state index in [9.17, 15) is 19.6 Å².